The van der Waals surface area contributed by atoms with Crippen molar-refractivity contribution in [2.75, 3.05) is 37.6 Å². The Balaban J connectivity index is 1.38. The number of aromatic nitrogens is 2. The van der Waals surface area contributed by atoms with Crippen LogP contribution >= 0.6 is 11.6 Å². The number of hydrogen-bond donors (Lipinski definition) is 1. The zero-order chi connectivity index (χ0) is 24.7. The third-order valence-corrected chi connectivity index (χ3v) is 7.30. The Morgan fingerprint density at radius 1 is 1.14 bits per heavy atom. The van der Waals surface area contributed by atoms with Crippen LogP contribution in [0.4, 0.5) is 18.9 Å². The molecule has 1 amide bonds. The number of hydrogen-bond acceptors (Lipinski definition) is 4. The van der Waals surface area contributed by atoms with Crippen molar-refractivity contribution in [3.8, 4) is 0 Å². The summed E-state index contributed by atoms with van der Waals surface area (Å²) < 4.78 is 42.9. The van der Waals surface area contributed by atoms with Gasteiger partial charge >= 0.3 is 6.18 Å². The van der Waals surface area contributed by atoms with Crippen LogP contribution in [0.5, 0.6) is 0 Å². The molecule has 3 heterocycles. The number of piperazine rings is 1. The molecule has 2 unspecified atom stereocenters. The second-order valence-corrected chi connectivity index (χ2v) is 9.63. The molecule has 6 nitrogen and oxygen atoms in total. The molecule has 0 bridgehead atoms. The second-order valence-electron chi connectivity index (χ2n) is 9.19. The normalized spacial score (nSPS) is 20.0. The maximum atomic E-state index is 13.7. The van der Waals surface area contributed by atoms with E-state index in [9.17, 15) is 18.0 Å². The van der Waals surface area contributed by atoms with Crippen molar-refractivity contribution in [2.45, 2.75) is 38.0 Å². The minimum absolute atomic E-state index is 0.0485. The molecular weight excluding hydrogens is 479 g/mol. The lowest BCUT2D eigenvalue weighted by Crippen LogP contribution is -2.53. The quantitative estimate of drug-likeness (QED) is 0.557. The topological polar surface area (TPSA) is 53.4 Å². The first-order valence-corrected chi connectivity index (χ1v) is 12.2. The van der Waals surface area contributed by atoms with E-state index in [0.29, 0.717) is 31.7 Å². The first kappa shape index (κ1) is 23.9. The van der Waals surface area contributed by atoms with Crippen LogP contribution in [0.15, 0.2) is 42.7 Å². The van der Waals surface area contributed by atoms with E-state index in [-0.39, 0.29) is 22.5 Å². The molecule has 2 aromatic carbocycles. The highest BCUT2D eigenvalue weighted by Gasteiger charge is 2.35. The first-order chi connectivity index (χ1) is 16.7. The van der Waals surface area contributed by atoms with Crippen molar-refractivity contribution in [3.05, 3.63) is 58.9 Å². The lowest BCUT2D eigenvalue weighted by molar-refractivity contribution is -0.138. The molecule has 2 atom stereocenters. The molecule has 0 radical (unpaired) electrons. The van der Waals surface area contributed by atoms with Crippen molar-refractivity contribution in [1.82, 2.24) is 19.8 Å². The van der Waals surface area contributed by atoms with E-state index >= 15 is 0 Å². The minimum atomic E-state index is -4.51. The molecule has 0 saturated carbocycles. The molecule has 35 heavy (non-hydrogen) atoms. The van der Waals surface area contributed by atoms with E-state index in [0.717, 1.165) is 36.7 Å². The zero-order valence-corrected chi connectivity index (χ0v) is 20.1. The molecule has 3 aromatic rings. The van der Waals surface area contributed by atoms with Gasteiger partial charge in [-0.15, -0.1) is 0 Å². The molecule has 186 valence electrons. The van der Waals surface area contributed by atoms with Crippen LogP contribution in [0, 0.1) is 0 Å². The van der Waals surface area contributed by atoms with Gasteiger partial charge < -0.3 is 19.7 Å². The molecule has 2 saturated heterocycles. The van der Waals surface area contributed by atoms with Gasteiger partial charge in [0.2, 0.25) is 5.91 Å². The number of anilines is 1. The van der Waals surface area contributed by atoms with Crippen LogP contribution in [0.3, 0.4) is 0 Å². The Morgan fingerprint density at radius 2 is 1.91 bits per heavy atom. The van der Waals surface area contributed by atoms with Crippen molar-refractivity contribution in [1.29, 1.82) is 0 Å². The summed E-state index contributed by atoms with van der Waals surface area (Å²) in [5.41, 5.74) is 1.83. The van der Waals surface area contributed by atoms with Crippen LogP contribution in [0.1, 0.15) is 36.9 Å². The van der Waals surface area contributed by atoms with Gasteiger partial charge in [-0.05, 0) is 62.2 Å². The van der Waals surface area contributed by atoms with Gasteiger partial charge in [0, 0.05) is 36.9 Å². The van der Waals surface area contributed by atoms with E-state index < -0.39 is 17.8 Å². The average molecular weight is 506 g/mol. The van der Waals surface area contributed by atoms with Gasteiger partial charge in [-0.1, -0.05) is 17.7 Å². The summed E-state index contributed by atoms with van der Waals surface area (Å²) in [6.45, 7) is 5.30. The smallest absolute Gasteiger partial charge is 0.368 e. The highest BCUT2D eigenvalue weighted by Crippen LogP contribution is 2.38. The Kier molecular flexibility index (Phi) is 6.40. The molecular formula is C25H27ClF3N5O. The Hall–Kier alpha value is -2.78. The highest BCUT2D eigenvalue weighted by molar-refractivity contribution is 6.30. The fourth-order valence-electron chi connectivity index (χ4n) is 5.11. The average Bonchev–Trinajstić information content (AvgIpc) is 3.53. The Bertz CT molecular complexity index is 1230. The maximum absolute atomic E-state index is 13.7. The Labute approximate surface area is 206 Å². The summed E-state index contributed by atoms with van der Waals surface area (Å²) in [5.74, 6) is 0.174. The number of halogens is 4. The number of benzene rings is 2. The van der Waals surface area contributed by atoms with Gasteiger partial charge in [0.1, 0.15) is 0 Å². The molecule has 2 fully saturated rings. The fourth-order valence-corrected chi connectivity index (χ4v) is 5.28. The predicted molar refractivity (Wildman–Crippen MR) is 130 cm³/mol. The van der Waals surface area contributed by atoms with Gasteiger partial charge in [0.25, 0.3) is 0 Å². The third-order valence-electron chi connectivity index (χ3n) is 7.06. The van der Waals surface area contributed by atoms with E-state index in [1.807, 2.05) is 23.1 Å². The fraction of sp³-hybridized carbons (Fsp3) is 0.440. The molecule has 2 aliphatic heterocycles. The third kappa shape index (κ3) is 4.71. The maximum Gasteiger partial charge on any atom is 0.416 e. The molecule has 1 aromatic heterocycles. The van der Waals surface area contributed by atoms with Crippen LogP contribution < -0.4 is 10.2 Å². The lowest BCUT2D eigenvalue weighted by atomic mass is 10.0. The SMILES string of the molecule is CC(c1ccc(Cl)cc1C(F)(F)F)n1cnc2ccc(N3CCN(C(=O)C4CCCN4)CC3)cc21. The number of fused-ring (bicyclic) bond motifs is 1. The van der Waals surface area contributed by atoms with E-state index in [2.05, 4.69) is 15.2 Å². The lowest BCUT2D eigenvalue weighted by Gasteiger charge is -2.37. The van der Waals surface area contributed by atoms with Crippen LogP contribution in [0.2, 0.25) is 5.02 Å². The van der Waals surface area contributed by atoms with Gasteiger partial charge in [-0.3, -0.25) is 4.79 Å². The van der Waals surface area contributed by atoms with Gasteiger partial charge in [0.15, 0.2) is 0 Å². The monoisotopic (exact) mass is 505 g/mol. The van der Waals surface area contributed by atoms with Crippen molar-refractivity contribution in [2.24, 2.45) is 0 Å². The predicted octanol–water partition coefficient (Wildman–Crippen LogP) is 4.72. The van der Waals surface area contributed by atoms with E-state index in [1.165, 1.54) is 12.1 Å². The molecule has 0 aliphatic carbocycles. The van der Waals surface area contributed by atoms with Crippen LogP contribution in [0.25, 0.3) is 11.0 Å². The first-order valence-electron chi connectivity index (χ1n) is 11.8. The summed E-state index contributed by atoms with van der Waals surface area (Å²) >= 11 is 5.87. The molecule has 2 aliphatic rings. The van der Waals surface area contributed by atoms with Crippen LogP contribution in [-0.4, -0.2) is 59.1 Å². The van der Waals surface area contributed by atoms with Crippen molar-refractivity contribution >= 4 is 34.2 Å². The molecule has 0 spiro atoms. The Morgan fingerprint density at radius 3 is 2.60 bits per heavy atom. The number of alkyl halides is 3. The summed E-state index contributed by atoms with van der Waals surface area (Å²) in [6, 6.07) is 9.05. The van der Waals surface area contributed by atoms with Crippen molar-refractivity contribution in [3.63, 3.8) is 0 Å². The number of carbonyl (C=O) groups excluding carboxylic acids is 1. The number of carbonyl (C=O) groups is 1. The summed E-state index contributed by atoms with van der Waals surface area (Å²) in [4.78, 5) is 21.2. The molecule has 1 N–H and O–H groups in total. The second kappa shape index (κ2) is 9.35. The summed E-state index contributed by atoms with van der Waals surface area (Å²) in [7, 11) is 0. The van der Waals surface area contributed by atoms with Crippen molar-refractivity contribution < 1.29 is 18.0 Å². The van der Waals surface area contributed by atoms with E-state index in [1.54, 1.807) is 17.8 Å². The summed E-state index contributed by atoms with van der Waals surface area (Å²) in [5, 5.41) is 3.32. The number of amides is 1. The molecule has 10 heteroatoms. The molecule has 5 rings (SSSR count). The number of imidazole rings is 1. The number of nitrogens with zero attached hydrogens (tertiary/aromatic N) is 4. The van der Waals surface area contributed by atoms with Gasteiger partial charge in [0.05, 0.1) is 35.0 Å². The number of rotatable bonds is 4. The van der Waals surface area contributed by atoms with Crippen LogP contribution in [-0.2, 0) is 11.0 Å². The standard InChI is InChI=1S/C25H27ClF3N5O/c1-16(19-6-4-17(26)13-20(19)25(27,28)29)34-15-31-21-7-5-18(14-23(21)34)32-9-11-33(12-10-32)24(35)22-3-2-8-30-22/h4-7,13-16,22,30H,2-3,8-12H2,1H3. The largest absolute Gasteiger partial charge is 0.416 e. The minimum Gasteiger partial charge on any atom is -0.368 e. The van der Waals surface area contributed by atoms with E-state index in [4.69, 9.17) is 11.6 Å². The van der Waals surface area contributed by atoms with Gasteiger partial charge in [-0.25, -0.2) is 4.98 Å². The van der Waals surface area contributed by atoms with Gasteiger partial charge in [-0.2, -0.15) is 13.2 Å². The highest BCUT2D eigenvalue weighted by atomic mass is 35.5. The number of nitrogens with one attached hydrogen (secondary N) is 1. The zero-order valence-electron chi connectivity index (χ0n) is 19.4. The summed E-state index contributed by atoms with van der Waals surface area (Å²) in [6.07, 6.45) is -1.01.